The van der Waals surface area contributed by atoms with Gasteiger partial charge < -0.3 is 15.0 Å². The lowest BCUT2D eigenvalue weighted by molar-refractivity contribution is -0.140. The smallest absolute Gasteiger partial charge is 0.264 e. The zero-order valence-corrected chi connectivity index (χ0v) is 25.9. The normalized spacial score (nSPS) is 12.0. The van der Waals surface area contributed by atoms with Crippen molar-refractivity contribution in [1.29, 1.82) is 0 Å². The lowest BCUT2D eigenvalue weighted by atomic mass is 10.1. The van der Waals surface area contributed by atoms with Crippen molar-refractivity contribution in [2.45, 2.75) is 51.6 Å². The molecule has 3 aromatic carbocycles. The zero-order valence-electron chi connectivity index (χ0n) is 23.6. The van der Waals surface area contributed by atoms with E-state index in [2.05, 4.69) is 5.32 Å². The first-order chi connectivity index (χ1) is 19.5. The van der Waals surface area contributed by atoms with Crippen LogP contribution in [0.4, 0.5) is 5.69 Å². The number of para-hydroxylation sites is 2. The highest BCUT2D eigenvalue weighted by atomic mass is 35.5. The van der Waals surface area contributed by atoms with E-state index in [1.54, 1.807) is 75.4 Å². The van der Waals surface area contributed by atoms with Gasteiger partial charge in [0.2, 0.25) is 11.8 Å². The third-order valence-corrected chi connectivity index (χ3v) is 8.93. The van der Waals surface area contributed by atoms with Gasteiger partial charge in [-0.25, -0.2) is 8.42 Å². The number of carbonyl (C=O) groups is 2. The molecular weight excluding hydrogens is 585 g/mol. The summed E-state index contributed by atoms with van der Waals surface area (Å²) in [5.74, 6) is -0.676. The number of anilines is 1. The summed E-state index contributed by atoms with van der Waals surface area (Å²) < 4.78 is 34.9. The van der Waals surface area contributed by atoms with Gasteiger partial charge in [-0.1, -0.05) is 66.0 Å². The Balaban J connectivity index is 2.15. The third kappa shape index (κ3) is 7.72. The minimum absolute atomic E-state index is 0.0127. The molecule has 0 spiro atoms. The average molecular weight is 621 g/mol. The van der Waals surface area contributed by atoms with E-state index >= 15 is 0 Å². The molecule has 2 amide bonds. The van der Waals surface area contributed by atoms with Gasteiger partial charge in [0.05, 0.1) is 17.2 Å². The first kappa shape index (κ1) is 32.2. The van der Waals surface area contributed by atoms with Crippen molar-refractivity contribution in [2.75, 3.05) is 24.0 Å². The number of hydrogen-bond donors (Lipinski definition) is 1. The van der Waals surface area contributed by atoms with Gasteiger partial charge in [0.1, 0.15) is 18.3 Å². The molecule has 0 aliphatic carbocycles. The fraction of sp³-hybridized carbons (Fsp3) is 0.333. The van der Waals surface area contributed by atoms with Gasteiger partial charge >= 0.3 is 0 Å². The monoisotopic (exact) mass is 619 g/mol. The summed E-state index contributed by atoms with van der Waals surface area (Å²) in [5, 5.41) is 3.42. The molecule has 3 rings (SSSR count). The Morgan fingerprint density at radius 2 is 1.56 bits per heavy atom. The fourth-order valence-electron chi connectivity index (χ4n) is 4.36. The number of sulfonamides is 1. The number of halogens is 2. The Morgan fingerprint density at radius 3 is 2.15 bits per heavy atom. The summed E-state index contributed by atoms with van der Waals surface area (Å²) in [7, 11) is -4.24. The second kappa shape index (κ2) is 14.6. The molecule has 0 fully saturated rings. The number of likely N-dealkylation sites (N-methyl/N-ethyl adjacent to an activating group) is 1. The number of aryl methyl sites for hydroxylation is 1. The van der Waals surface area contributed by atoms with E-state index in [0.29, 0.717) is 27.9 Å². The van der Waals surface area contributed by atoms with Crippen molar-refractivity contribution in [3.05, 3.63) is 87.9 Å². The molecule has 8 nitrogen and oxygen atoms in total. The number of hydrogen-bond acceptors (Lipinski definition) is 5. The van der Waals surface area contributed by atoms with Crippen LogP contribution in [0.3, 0.4) is 0 Å². The van der Waals surface area contributed by atoms with Gasteiger partial charge in [-0.3, -0.25) is 13.9 Å². The molecule has 0 bridgehead atoms. The van der Waals surface area contributed by atoms with Crippen LogP contribution in [0.1, 0.15) is 38.3 Å². The molecule has 0 heterocycles. The molecular formula is C30H35Cl2N3O5S. The summed E-state index contributed by atoms with van der Waals surface area (Å²) >= 11 is 12.9. The zero-order chi connectivity index (χ0) is 30.2. The van der Waals surface area contributed by atoms with Crippen LogP contribution >= 0.6 is 23.2 Å². The van der Waals surface area contributed by atoms with Crippen LogP contribution < -0.4 is 14.4 Å². The summed E-state index contributed by atoms with van der Waals surface area (Å²) in [4.78, 5) is 28.6. The van der Waals surface area contributed by atoms with Crippen LogP contribution in [-0.2, 0) is 26.2 Å². The molecule has 1 N–H and O–H groups in total. The fourth-order valence-corrected chi connectivity index (χ4v) is 6.30. The Labute approximate surface area is 252 Å². The third-order valence-electron chi connectivity index (χ3n) is 6.45. The van der Waals surface area contributed by atoms with Gasteiger partial charge in [0, 0.05) is 28.7 Å². The van der Waals surface area contributed by atoms with Crippen LogP contribution in [0.2, 0.25) is 10.0 Å². The summed E-state index contributed by atoms with van der Waals surface area (Å²) in [6.07, 6.45) is 0.278. The summed E-state index contributed by atoms with van der Waals surface area (Å²) in [5.41, 5.74) is 1.54. The Bertz CT molecular complexity index is 1440. The van der Waals surface area contributed by atoms with Crippen molar-refractivity contribution in [1.82, 2.24) is 10.2 Å². The molecule has 0 aliphatic rings. The van der Waals surface area contributed by atoms with E-state index in [9.17, 15) is 18.0 Å². The average Bonchev–Trinajstić information content (AvgIpc) is 2.94. The second-order valence-corrected chi connectivity index (χ2v) is 11.9. The minimum atomic E-state index is -4.24. The lowest BCUT2D eigenvalue weighted by Gasteiger charge is -2.33. The SMILES string of the molecule is CCNC(=O)C(CC)N(Cc1c(Cl)cccc1Cl)C(=O)CN(c1ccccc1OCC)S(=O)(=O)c1ccc(C)cc1. The molecule has 0 radical (unpaired) electrons. The van der Waals surface area contributed by atoms with Gasteiger partial charge in [-0.05, 0) is 63.6 Å². The van der Waals surface area contributed by atoms with Crippen molar-refractivity contribution in [2.24, 2.45) is 0 Å². The molecule has 220 valence electrons. The summed E-state index contributed by atoms with van der Waals surface area (Å²) in [6, 6.07) is 17.1. The molecule has 0 aliphatic heterocycles. The van der Waals surface area contributed by atoms with Crippen LogP contribution in [0, 0.1) is 6.92 Å². The molecule has 3 aromatic rings. The van der Waals surface area contributed by atoms with Crippen molar-refractivity contribution >= 4 is 50.7 Å². The first-order valence-corrected chi connectivity index (χ1v) is 15.6. The highest BCUT2D eigenvalue weighted by molar-refractivity contribution is 7.92. The van der Waals surface area contributed by atoms with Crippen LogP contribution in [0.25, 0.3) is 0 Å². The van der Waals surface area contributed by atoms with Crippen LogP contribution in [-0.4, -0.2) is 50.9 Å². The maximum absolute atomic E-state index is 14.2. The van der Waals surface area contributed by atoms with E-state index in [1.807, 2.05) is 6.92 Å². The van der Waals surface area contributed by atoms with Crippen molar-refractivity contribution in [3.8, 4) is 5.75 Å². The minimum Gasteiger partial charge on any atom is -0.492 e. The second-order valence-electron chi connectivity index (χ2n) is 9.27. The van der Waals surface area contributed by atoms with Gasteiger partial charge in [-0.2, -0.15) is 0 Å². The lowest BCUT2D eigenvalue weighted by Crippen LogP contribution is -2.52. The van der Waals surface area contributed by atoms with E-state index in [0.717, 1.165) is 9.87 Å². The van der Waals surface area contributed by atoms with Crippen molar-refractivity contribution < 1.29 is 22.7 Å². The molecule has 41 heavy (non-hydrogen) atoms. The van der Waals surface area contributed by atoms with E-state index in [4.69, 9.17) is 27.9 Å². The quantitative estimate of drug-likeness (QED) is 0.259. The molecule has 0 aromatic heterocycles. The molecule has 0 saturated heterocycles. The number of ether oxygens (including phenoxy) is 1. The predicted octanol–water partition coefficient (Wildman–Crippen LogP) is 5.84. The number of nitrogens with one attached hydrogen (secondary N) is 1. The first-order valence-electron chi connectivity index (χ1n) is 13.4. The van der Waals surface area contributed by atoms with E-state index < -0.39 is 28.5 Å². The van der Waals surface area contributed by atoms with Gasteiger partial charge in [0.15, 0.2) is 0 Å². The number of carbonyl (C=O) groups excluding carboxylic acids is 2. The Hall–Kier alpha value is -3.27. The number of amides is 2. The van der Waals surface area contributed by atoms with E-state index in [1.165, 1.54) is 17.0 Å². The van der Waals surface area contributed by atoms with Crippen LogP contribution in [0.15, 0.2) is 71.6 Å². The molecule has 0 saturated carbocycles. The molecule has 1 unspecified atom stereocenters. The largest absolute Gasteiger partial charge is 0.492 e. The topological polar surface area (TPSA) is 96.0 Å². The number of rotatable bonds is 13. The van der Waals surface area contributed by atoms with Gasteiger partial charge in [0.25, 0.3) is 10.0 Å². The predicted molar refractivity (Wildman–Crippen MR) is 163 cm³/mol. The van der Waals surface area contributed by atoms with Crippen LogP contribution in [0.5, 0.6) is 5.75 Å². The standard InChI is InChI=1S/C30H35Cl2N3O5S/c1-5-26(30(37)33-6-2)34(19-23-24(31)11-10-12-25(23)32)29(36)20-35(27-13-8-9-14-28(27)40-7-3)41(38,39)22-17-15-21(4)16-18-22/h8-18,26H,5-7,19-20H2,1-4H3,(H,33,37). The number of nitrogens with zero attached hydrogens (tertiary/aromatic N) is 2. The maximum Gasteiger partial charge on any atom is 0.264 e. The Kier molecular flexibility index (Phi) is 11.5. The Morgan fingerprint density at radius 1 is 0.927 bits per heavy atom. The number of benzene rings is 3. The highest BCUT2D eigenvalue weighted by Crippen LogP contribution is 2.33. The molecule has 1 atom stereocenters. The molecule has 11 heteroatoms. The summed E-state index contributed by atoms with van der Waals surface area (Å²) in [6.45, 7) is 7.15. The highest BCUT2D eigenvalue weighted by Gasteiger charge is 2.35. The van der Waals surface area contributed by atoms with Crippen molar-refractivity contribution in [3.63, 3.8) is 0 Å². The van der Waals surface area contributed by atoms with E-state index in [-0.39, 0.29) is 36.1 Å². The van der Waals surface area contributed by atoms with Gasteiger partial charge in [-0.15, -0.1) is 0 Å². The maximum atomic E-state index is 14.2.